The summed E-state index contributed by atoms with van der Waals surface area (Å²) in [5.41, 5.74) is 0.963. The number of hydrogen-bond acceptors (Lipinski definition) is 4. The Morgan fingerprint density at radius 1 is 1.20 bits per heavy atom. The second-order valence-electron chi connectivity index (χ2n) is 5.26. The molecule has 7 heteroatoms. The molecule has 0 aromatic heterocycles. The minimum Gasteiger partial charge on any atom is -0.479 e. The molecule has 1 aliphatic heterocycles. The maximum absolute atomic E-state index is 13.3. The van der Waals surface area contributed by atoms with E-state index in [2.05, 4.69) is 0 Å². The third kappa shape index (κ3) is 3.62. The largest absolute Gasteiger partial charge is 0.479 e. The monoisotopic (exact) mass is 373 g/mol. The summed E-state index contributed by atoms with van der Waals surface area (Å²) >= 11 is 6.23. The zero-order valence-corrected chi connectivity index (χ0v) is 14.4. The number of carboxylic acids is 1. The predicted molar refractivity (Wildman–Crippen MR) is 98.2 cm³/mol. The SMILES string of the molecule is O=C(O)[C@H](c1ccccc1)N1C(=O)/C(=C\c2cccc(F)c2)SC1=S. The van der Waals surface area contributed by atoms with Gasteiger partial charge in [-0.3, -0.25) is 9.69 Å². The van der Waals surface area contributed by atoms with E-state index < -0.39 is 23.7 Å². The average molecular weight is 373 g/mol. The number of benzene rings is 2. The second-order valence-corrected chi connectivity index (χ2v) is 6.93. The molecule has 0 radical (unpaired) electrons. The molecule has 2 aromatic rings. The molecule has 1 heterocycles. The molecule has 1 N–H and O–H groups in total. The van der Waals surface area contributed by atoms with Crippen LogP contribution in [-0.4, -0.2) is 26.2 Å². The van der Waals surface area contributed by atoms with Crippen molar-refractivity contribution in [2.45, 2.75) is 6.04 Å². The van der Waals surface area contributed by atoms with Gasteiger partial charge in [-0.2, -0.15) is 0 Å². The Hall–Kier alpha value is -2.51. The van der Waals surface area contributed by atoms with Gasteiger partial charge in [0.15, 0.2) is 6.04 Å². The number of halogens is 1. The predicted octanol–water partition coefficient (Wildman–Crippen LogP) is 3.85. The lowest BCUT2D eigenvalue weighted by atomic mass is 10.1. The number of aliphatic carboxylic acids is 1. The highest BCUT2D eigenvalue weighted by atomic mass is 32.2. The Morgan fingerprint density at radius 2 is 1.92 bits per heavy atom. The average Bonchev–Trinajstić information content (AvgIpc) is 2.84. The Morgan fingerprint density at radius 3 is 2.56 bits per heavy atom. The number of hydrogen-bond donors (Lipinski definition) is 1. The zero-order chi connectivity index (χ0) is 18.0. The van der Waals surface area contributed by atoms with Crippen LogP contribution < -0.4 is 0 Å². The van der Waals surface area contributed by atoms with Gasteiger partial charge in [-0.1, -0.05) is 66.4 Å². The molecule has 1 atom stereocenters. The van der Waals surface area contributed by atoms with Crippen LogP contribution in [0.2, 0.25) is 0 Å². The van der Waals surface area contributed by atoms with Gasteiger partial charge < -0.3 is 5.11 Å². The van der Waals surface area contributed by atoms with E-state index in [1.54, 1.807) is 36.4 Å². The topological polar surface area (TPSA) is 57.6 Å². The van der Waals surface area contributed by atoms with E-state index in [1.165, 1.54) is 24.3 Å². The van der Waals surface area contributed by atoms with Gasteiger partial charge in [0.25, 0.3) is 5.91 Å². The summed E-state index contributed by atoms with van der Waals surface area (Å²) in [4.78, 5) is 25.8. The zero-order valence-electron chi connectivity index (χ0n) is 12.8. The fourth-order valence-electron chi connectivity index (χ4n) is 2.49. The van der Waals surface area contributed by atoms with Crippen LogP contribution in [0, 0.1) is 5.82 Å². The molecular weight excluding hydrogens is 361 g/mol. The normalized spacial score (nSPS) is 17.2. The van der Waals surface area contributed by atoms with Gasteiger partial charge in [-0.05, 0) is 29.3 Å². The number of amides is 1. The van der Waals surface area contributed by atoms with Crippen molar-refractivity contribution in [2.75, 3.05) is 0 Å². The molecule has 25 heavy (non-hydrogen) atoms. The number of carboxylic acid groups (broad SMARTS) is 1. The summed E-state index contributed by atoms with van der Waals surface area (Å²) < 4.78 is 13.5. The van der Waals surface area contributed by atoms with Gasteiger partial charge in [0.2, 0.25) is 0 Å². The van der Waals surface area contributed by atoms with Crippen LogP contribution in [0.15, 0.2) is 59.5 Å². The molecule has 1 saturated heterocycles. The van der Waals surface area contributed by atoms with Crippen molar-refractivity contribution in [3.63, 3.8) is 0 Å². The lowest BCUT2D eigenvalue weighted by Crippen LogP contribution is -2.37. The van der Waals surface area contributed by atoms with Gasteiger partial charge in [0.1, 0.15) is 10.1 Å². The summed E-state index contributed by atoms with van der Waals surface area (Å²) in [5.74, 6) is -2.10. The minimum atomic E-state index is -1.20. The van der Waals surface area contributed by atoms with Crippen LogP contribution in [0.25, 0.3) is 6.08 Å². The Balaban J connectivity index is 1.96. The second kappa shape index (κ2) is 7.16. The van der Waals surface area contributed by atoms with Crippen molar-refractivity contribution in [1.82, 2.24) is 4.90 Å². The minimum absolute atomic E-state index is 0.156. The third-order valence-corrected chi connectivity index (χ3v) is 4.91. The molecule has 1 amide bonds. The van der Waals surface area contributed by atoms with Crippen LogP contribution in [0.4, 0.5) is 4.39 Å². The molecule has 1 aliphatic rings. The van der Waals surface area contributed by atoms with Crippen LogP contribution in [0.5, 0.6) is 0 Å². The first kappa shape index (κ1) is 17.3. The van der Waals surface area contributed by atoms with Gasteiger partial charge in [0, 0.05) is 0 Å². The number of carbonyl (C=O) groups is 2. The lowest BCUT2D eigenvalue weighted by Gasteiger charge is -2.23. The molecule has 0 aliphatic carbocycles. The van der Waals surface area contributed by atoms with Crippen molar-refractivity contribution in [2.24, 2.45) is 0 Å². The Bertz CT molecular complexity index is 883. The maximum Gasteiger partial charge on any atom is 0.331 e. The molecular formula is C18H12FNO3S2. The Labute approximate surface area is 153 Å². The smallest absolute Gasteiger partial charge is 0.331 e. The van der Waals surface area contributed by atoms with Gasteiger partial charge in [0.05, 0.1) is 4.91 Å². The van der Waals surface area contributed by atoms with E-state index >= 15 is 0 Å². The molecule has 4 nitrogen and oxygen atoms in total. The lowest BCUT2D eigenvalue weighted by molar-refractivity contribution is -0.145. The van der Waals surface area contributed by atoms with Gasteiger partial charge >= 0.3 is 5.97 Å². The van der Waals surface area contributed by atoms with E-state index in [4.69, 9.17) is 12.2 Å². The molecule has 0 spiro atoms. The number of thiocarbonyl (C=S) groups is 1. The standard InChI is InChI=1S/C18H12FNO3S2/c19-13-8-4-5-11(9-13)10-14-16(21)20(18(24)25-14)15(17(22)23)12-6-2-1-3-7-12/h1-10,15H,(H,22,23)/b14-10+/t15-/m0/s1. The van der Waals surface area contributed by atoms with Crippen LogP contribution in [0.3, 0.4) is 0 Å². The summed E-state index contributed by atoms with van der Waals surface area (Å²) in [6, 6.07) is 13.0. The summed E-state index contributed by atoms with van der Waals surface area (Å²) in [5, 5.41) is 9.60. The first-order valence-corrected chi connectivity index (χ1v) is 8.50. The van der Waals surface area contributed by atoms with Crippen molar-refractivity contribution in [3.8, 4) is 0 Å². The van der Waals surface area contributed by atoms with Crippen molar-refractivity contribution in [1.29, 1.82) is 0 Å². The van der Waals surface area contributed by atoms with Gasteiger partial charge in [-0.15, -0.1) is 0 Å². The fraction of sp³-hybridized carbons (Fsp3) is 0.0556. The summed E-state index contributed by atoms with van der Waals surface area (Å²) in [6.07, 6.45) is 1.51. The van der Waals surface area contributed by atoms with Crippen LogP contribution in [0.1, 0.15) is 17.2 Å². The molecule has 126 valence electrons. The van der Waals surface area contributed by atoms with Crippen LogP contribution in [-0.2, 0) is 9.59 Å². The fourth-order valence-corrected chi connectivity index (χ4v) is 3.80. The first-order valence-electron chi connectivity index (χ1n) is 7.28. The molecule has 0 unspecified atom stereocenters. The van der Waals surface area contributed by atoms with Crippen LogP contribution >= 0.6 is 24.0 Å². The highest BCUT2D eigenvalue weighted by Crippen LogP contribution is 2.38. The Kier molecular flexibility index (Phi) is 4.96. The third-order valence-electron chi connectivity index (χ3n) is 3.58. The number of thioether (sulfide) groups is 1. The molecule has 2 aromatic carbocycles. The summed E-state index contributed by atoms with van der Waals surface area (Å²) in [6.45, 7) is 0. The van der Waals surface area contributed by atoms with E-state index in [0.717, 1.165) is 16.7 Å². The van der Waals surface area contributed by atoms with E-state index in [-0.39, 0.29) is 9.23 Å². The highest BCUT2D eigenvalue weighted by Gasteiger charge is 2.41. The number of carbonyl (C=O) groups excluding carboxylic acids is 1. The number of nitrogens with zero attached hydrogens (tertiary/aromatic N) is 1. The van der Waals surface area contributed by atoms with Crippen molar-refractivity contribution in [3.05, 3.63) is 76.4 Å². The first-order chi connectivity index (χ1) is 12.0. The van der Waals surface area contributed by atoms with Crippen molar-refractivity contribution < 1.29 is 19.1 Å². The number of rotatable bonds is 4. The summed E-state index contributed by atoms with van der Waals surface area (Å²) in [7, 11) is 0. The molecule has 3 rings (SSSR count). The van der Waals surface area contributed by atoms with E-state index in [0.29, 0.717) is 11.1 Å². The van der Waals surface area contributed by atoms with E-state index in [9.17, 15) is 19.1 Å². The molecule has 0 saturated carbocycles. The van der Waals surface area contributed by atoms with E-state index in [1.807, 2.05) is 0 Å². The van der Waals surface area contributed by atoms with Gasteiger partial charge in [-0.25, -0.2) is 9.18 Å². The molecule has 1 fully saturated rings. The van der Waals surface area contributed by atoms with Crippen molar-refractivity contribution >= 4 is 46.3 Å². The maximum atomic E-state index is 13.3. The quantitative estimate of drug-likeness (QED) is 0.652. The molecule has 0 bridgehead atoms. The highest BCUT2D eigenvalue weighted by molar-refractivity contribution is 8.26.